The van der Waals surface area contributed by atoms with E-state index < -0.39 is 29.4 Å². The first-order valence-corrected chi connectivity index (χ1v) is 15.7. The Morgan fingerprint density at radius 1 is 1.14 bits per heavy atom. The van der Waals surface area contributed by atoms with Crippen molar-refractivity contribution in [2.24, 2.45) is 17.3 Å². The number of ether oxygens (including phenoxy) is 1. The van der Waals surface area contributed by atoms with Crippen LogP contribution in [0.1, 0.15) is 62.5 Å². The quantitative estimate of drug-likeness (QED) is 0.339. The number of Topliss-reactive ketones (excluding diaryl/α,β-unsaturated/α-hetero) is 1. The van der Waals surface area contributed by atoms with Gasteiger partial charge in [0, 0.05) is 30.3 Å². The second kappa shape index (κ2) is 12.5. The van der Waals surface area contributed by atoms with Crippen LogP contribution in [0, 0.1) is 30.0 Å². The molecule has 1 saturated carbocycles. The summed E-state index contributed by atoms with van der Waals surface area (Å²) in [5.41, 5.74) is 0.287. The molecular formula is C36H39FN2O5. The zero-order valence-electron chi connectivity index (χ0n) is 25.1. The summed E-state index contributed by atoms with van der Waals surface area (Å²) in [6.07, 6.45) is 10.5. The number of aromatic nitrogens is 1. The molecule has 0 spiro atoms. The molecule has 1 amide bonds. The molecule has 230 valence electrons. The number of hydrogen-bond donors (Lipinski definition) is 1. The highest BCUT2D eigenvalue weighted by atomic mass is 19.1. The molecule has 7 nitrogen and oxygen atoms in total. The van der Waals surface area contributed by atoms with Gasteiger partial charge < -0.3 is 14.7 Å². The van der Waals surface area contributed by atoms with Gasteiger partial charge in [-0.3, -0.25) is 14.4 Å². The third-order valence-corrected chi connectivity index (χ3v) is 9.73. The molecule has 2 aromatic carbocycles. The molecule has 6 rings (SSSR count). The lowest BCUT2D eigenvalue weighted by molar-refractivity contribution is -0.147. The molecular weight excluding hydrogens is 559 g/mol. The van der Waals surface area contributed by atoms with E-state index >= 15 is 0 Å². The number of carbonyl (C=O) groups is 3. The Hall–Kier alpha value is -4.07. The van der Waals surface area contributed by atoms with Crippen LogP contribution in [-0.4, -0.2) is 51.3 Å². The van der Waals surface area contributed by atoms with Crippen LogP contribution in [0.5, 0.6) is 5.88 Å². The summed E-state index contributed by atoms with van der Waals surface area (Å²) in [4.78, 5) is 46.9. The number of pyridine rings is 1. The first-order valence-electron chi connectivity index (χ1n) is 15.7. The smallest absolute Gasteiger partial charge is 0.310 e. The summed E-state index contributed by atoms with van der Waals surface area (Å²) < 4.78 is 20.4. The SMILES string of the molecule is Cc1cc(C[C@H]2CCCCC/C=C\[C@@H]3C[C@@]3(C(=O)O)CC(=O)[C@@H]3C[C@@H](Oc4nccc5ccccc45)CN3C2=O)ccc1F. The molecule has 44 heavy (non-hydrogen) atoms. The van der Waals surface area contributed by atoms with E-state index in [0.29, 0.717) is 30.7 Å². The van der Waals surface area contributed by atoms with Gasteiger partial charge in [-0.05, 0) is 79.7 Å². The maximum absolute atomic E-state index is 14.4. The maximum atomic E-state index is 14.4. The van der Waals surface area contributed by atoms with E-state index in [1.54, 1.807) is 30.2 Å². The predicted octanol–water partition coefficient (Wildman–Crippen LogP) is 6.46. The van der Waals surface area contributed by atoms with Gasteiger partial charge in [-0.25, -0.2) is 9.37 Å². The Bertz CT molecular complexity index is 1600. The molecule has 1 saturated heterocycles. The molecule has 3 heterocycles. The van der Waals surface area contributed by atoms with Crippen molar-refractivity contribution in [2.45, 2.75) is 76.9 Å². The van der Waals surface area contributed by atoms with E-state index in [0.717, 1.165) is 42.0 Å². The lowest BCUT2D eigenvalue weighted by atomic mass is 9.90. The van der Waals surface area contributed by atoms with Crippen LogP contribution in [0.2, 0.25) is 0 Å². The molecule has 3 aliphatic rings. The van der Waals surface area contributed by atoms with Crippen molar-refractivity contribution >= 4 is 28.4 Å². The first kappa shape index (κ1) is 30.0. The van der Waals surface area contributed by atoms with Crippen molar-refractivity contribution < 1.29 is 28.6 Å². The van der Waals surface area contributed by atoms with E-state index in [-0.39, 0.29) is 42.8 Å². The largest absolute Gasteiger partial charge is 0.481 e. The van der Waals surface area contributed by atoms with E-state index in [1.165, 1.54) is 6.07 Å². The number of fused-ring (bicyclic) bond motifs is 3. The van der Waals surface area contributed by atoms with Crippen molar-refractivity contribution in [1.82, 2.24) is 9.88 Å². The topological polar surface area (TPSA) is 96.8 Å². The monoisotopic (exact) mass is 598 g/mol. The van der Waals surface area contributed by atoms with Crippen molar-refractivity contribution in [3.05, 3.63) is 83.8 Å². The fraction of sp³-hybridized carbons (Fsp3) is 0.444. The Balaban J connectivity index is 1.31. The number of carboxylic acid groups (broad SMARTS) is 1. The minimum Gasteiger partial charge on any atom is -0.481 e. The van der Waals surface area contributed by atoms with Gasteiger partial charge in [0.05, 0.1) is 18.0 Å². The molecule has 1 aliphatic carbocycles. The maximum Gasteiger partial charge on any atom is 0.310 e. The molecule has 5 atom stereocenters. The van der Waals surface area contributed by atoms with E-state index in [4.69, 9.17) is 4.74 Å². The van der Waals surface area contributed by atoms with Crippen LogP contribution in [-0.2, 0) is 20.8 Å². The molecule has 3 aromatic rings. The number of ketones is 1. The number of nitrogens with zero attached hydrogens (tertiary/aromatic N) is 2. The first-order chi connectivity index (χ1) is 21.2. The van der Waals surface area contributed by atoms with Crippen LogP contribution in [0.4, 0.5) is 4.39 Å². The summed E-state index contributed by atoms with van der Waals surface area (Å²) in [5, 5.41) is 12.0. The van der Waals surface area contributed by atoms with Crippen molar-refractivity contribution in [2.75, 3.05) is 6.54 Å². The molecule has 8 heteroatoms. The number of carboxylic acids is 1. The van der Waals surface area contributed by atoms with Crippen LogP contribution < -0.4 is 4.74 Å². The number of aryl methyl sites for hydroxylation is 1. The zero-order chi connectivity index (χ0) is 30.8. The van der Waals surface area contributed by atoms with Crippen LogP contribution in [0.3, 0.4) is 0 Å². The second-order valence-electron chi connectivity index (χ2n) is 12.8. The average Bonchev–Trinajstić information content (AvgIpc) is 3.55. The van der Waals surface area contributed by atoms with Gasteiger partial charge in [-0.15, -0.1) is 0 Å². The Kier molecular flexibility index (Phi) is 8.52. The highest BCUT2D eigenvalue weighted by molar-refractivity contribution is 5.95. The molecule has 0 radical (unpaired) electrons. The highest BCUT2D eigenvalue weighted by Crippen LogP contribution is 2.57. The van der Waals surface area contributed by atoms with E-state index in [9.17, 15) is 23.9 Å². The molecule has 1 N–H and O–H groups in total. The number of allylic oxidation sites excluding steroid dienone is 2. The van der Waals surface area contributed by atoms with Crippen molar-refractivity contribution in [3.8, 4) is 5.88 Å². The number of hydrogen-bond acceptors (Lipinski definition) is 5. The average molecular weight is 599 g/mol. The Morgan fingerprint density at radius 3 is 2.80 bits per heavy atom. The molecule has 2 fully saturated rings. The van der Waals surface area contributed by atoms with Gasteiger partial charge in [0.1, 0.15) is 11.9 Å². The van der Waals surface area contributed by atoms with Gasteiger partial charge >= 0.3 is 5.97 Å². The fourth-order valence-corrected chi connectivity index (χ4v) is 7.07. The van der Waals surface area contributed by atoms with Crippen molar-refractivity contribution in [1.29, 1.82) is 0 Å². The van der Waals surface area contributed by atoms with Crippen LogP contribution in [0.25, 0.3) is 10.8 Å². The van der Waals surface area contributed by atoms with E-state index in [1.807, 2.05) is 42.5 Å². The summed E-state index contributed by atoms with van der Waals surface area (Å²) in [5.74, 6) is -1.74. The third kappa shape index (κ3) is 6.12. The van der Waals surface area contributed by atoms with Gasteiger partial charge in [0.15, 0.2) is 5.78 Å². The normalized spacial score (nSPS) is 28.5. The van der Waals surface area contributed by atoms with Crippen molar-refractivity contribution in [3.63, 3.8) is 0 Å². The van der Waals surface area contributed by atoms with Crippen LogP contribution in [0.15, 0.2) is 66.9 Å². The zero-order valence-corrected chi connectivity index (χ0v) is 25.1. The summed E-state index contributed by atoms with van der Waals surface area (Å²) in [6, 6.07) is 13.8. The Labute approximate surface area is 257 Å². The molecule has 2 aliphatic heterocycles. The predicted molar refractivity (Wildman–Crippen MR) is 165 cm³/mol. The Morgan fingerprint density at radius 2 is 1.98 bits per heavy atom. The number of carbonyl (C=O) groups excluding carboxylic acids is 2. The molecule has 0 unspecified atom stereocenters. The second-order valence-corrected chi connectivity index (χ2v) is 12.8. The third-order valence-electron chi connectivity index (χ3n) is 9.73. The van der Waals surface area contributed by atoms with Gasteiger partial charge in [-0.2, -0.15) is 0 Å². The highest BCUT2D eigenvalue weighted by Gasteiger charge is 2.61. The minimum absolute atomic E-state index is 0.118. The molecule has 0 bridgehead atoms. The lowest BCUT2D eigenvalue weighted by Gasteiger charge is -2.29. The van der Waals surface area contributed by atoms with Gasteiger partial charge in [0.2, 0.25) is 11.8 Å². The lowest BCUT2D eigenvalue weighted by Crippen LogP contribution is -2.45. The summed E-state index contributed by atoms with van der Waals surface area (Å²) >= 11 is 0. The van der Waals surface area contributed by atoms with Gasteiger partial charge in [0.25, 0.3) is 0 Å². The summed E-state index contributed by atoms with van der Waals surface area (Å²) in [6.45, 7) is 1.93. The molecule has 1 aromatic heterocycles. The number of benzene rings is 2. The van der Waals surface area contributed by atoms with Gasteiger partial charge in [-0.1, -0.05) is 55.3 Å². The number of halogens is 1. The summed E-state index contributed by atoms with van der Waals surface area (Å²) in [7, 11) is 0. The number of rotatable bonds is 5. The minimum atomic E-state index is -1.12. The fourth-order valence-electron chi connectivity index (χ4n) is 7.07. The van der Waals surface area contributed by atoms with Crippen LogP contribution >= 0.6 is 0 Å². The number of aliphatic carboxylic acids is 1. The van der Waals surface area contributed by atoms with E-state index in [2.05, 4.69) is 4.98 Å². The number of amides is 1. The standard InChI is InChI=1S/C36H39FN2O5/c1-23-17-24(13-14-30(23)37)18-26-10-5-3-2-4-6-11-27-20-36(27,35(42)43)21-32(40)31-19-28(22-39(31)34(26)41)44-33-29-12-8-7-9-25(29)15-16-38-33/h6-9,11-17,26-28,31H,2-5,10,18-22H2,1H3,(H,42,43)/b11-6-/t26-,27-,28-,31+,36-/m1/s1.